The summed E-state index contributed by atoms with van der Waals surface area (Å²) >= 11 is 0. The number of aromatic nitrogens is 2. The molecular formula is C83H38N12O2. The van der Waals surface area contributed by atoms with E-state index >= 15 is 9.59 Å². The van der Waals surface area contributed by atoms with Gasteiger partial charge in [0.1, 0.15) is 6.07 Å². The summed E-state index contributed by atoms with van der Waals surface area (Å²) in [4.78, 5) is 32.3. The Hall–Kier alpha value is -15.2. The van der Waals surface area contributed by atoms with E-state index in [4.69, 9.17) is 0 Å². The van der Waals surface area contributed by atoms with Gasteiger partial charge in [0.2, 0.25) is 0 Å². The molecule has 2 aromatic heterocycles. The molecule has 0 radical (unpaired) electrons. The summed E-state index contributed by atoms with van der Waals surface area (Å²) in [6.45, 7) is 0. The van der Waals surface area contributed by atoms with E-state index in [1.165, 1.54) is 29.2 Å². The van der Waals surface area contributed by atoms with Crippen LogP contribution in [0.3, 0.4) is 0 Å². The molecule has 15 rings (SSSR count). The number of imide groups is 1. The third-order valence-corrected chi connectivity index (χ3v) is 18.0. The normalized spacial score (nSPS) is 11.4. The highest BCUT2D eigenvalue weighted by molar-refractivity contribution is 6.37. The summed E-state index contributed by atoms with van der Waals surface area (Å²) in [5.41, 5.74) is 13.4. The number of carbonyl (C=O) groups is 2. The highest BCUT2D eigenvalue weighted by Crippen LogP contribution is 2.47. The highest BCUT2D eigenvalue weighted by Gasteiger charge is 2.40. The topological polar surface area (TPSA) is 261 Å². The highest BCUT2D eigenvalue weighted by atomic mass is 16.2. The molecule has 14 heteroatoms. The molecule has 97 heavy (non-hydrogen) atoms. The van der Waals surface area contributed by atoms with E-state index in [0.29, 0.717) is 144 Å². The van der Waals surface area contributed by atoms with E-state index in [-0.39, 0.29) is 38.9 Å². The van der Waals surface area contributed by atoms with Crippen molar-refractivity contribution in [2.24, 2.45) is 0 Å². The molecule has 0 saturated heterocycles. The Balaban J connectivity index is 1.04. The maximum absolute atomic E-state index is 15.9. The van der Waals surface area contributed by atoms with Crippen LogP contribution >= 0.6 is 0 Å². The maximum Gasteiger partial charge on any atom is 0.266 e. The Morgan fingerprint density at radius 1 is 0.237 bits per heavy atom. The van der Waals surface area contributed by atoms with Gasteiger partial charge in [0, 0.05) is 32.7 Å². The number of fused-ring (bicyclic) bond motifs is 7. The van der Waals surface area contributed by atoms with Crippen LogP contribution in [0.15, 0.2) is 231 Å². The van der Waals surface area contributed by atoms with Crippen molar-refractivity contribution in [3.05, 3.63) is 292 Å². The minimum absolute atomic E-state index is 0.107. The molecule has 0 atom stereocenters. The second-order valence-corrected chi connectivity index (χ2v) is 23.1. The summed E-state index contributed by atoms with van der Waals surface area (Å²) in [5.74, 6) is -1.14. The number of hydrogen-bond acceptors (Lipinski definition) is 11. The number of para-hydroxylation sites is 1. The zero-order chi connectivity index (χ0) is 66.8. The molecule has 12 aromatic carbocycles. The van der Waals surface area contributed by atoms with Gasteiger partial charge < -0.3 is 9.13 Å². The van der Waals surface area contributed by atoms with Gasteiger partial charge in [0.05, 0.1) is 149 Å². The van der Waals surface area contributed by atoms with Crippen molar-refractivity contribution < 1.29 is 9.59 Å². The van der Waals surface area contributed by atoms with Crippen molar-refractivity contribution in [3.8, 4) is 133 Å². The lowest BCUT2D eigenvalue weighted by atomic mass is 9.93. The van der Waals surface area contributed by atoms with Gasteiger partial charge in [-0.2, -0.15) is 47.4 Å². The predicted octanol–water partition coefficient (Wildman–Crippen LogP) is 17.5. The fourth-order valence-electron chi connectivity index (χ4n) is 13.6. The molecule has 0 saturated carbocycles. The molecule has 0 spiro atoms. The third-order valence-electron chi connectivity index (χ3n) is 18.0. The number of rotatable bonds is 9. The van der Waals surface area contributed by atoms with Crippen molar-refractivity contribution in [1.82, 2.24) is 9.13 Å². The van der Waals surface area contributed by atoms with E-state index < -0.39 is 11.8 Å². The molecule has 1 aliphatic rings. The van der Waals surface area contributed by atoms with E-state index in [1.54, 1.807) is 84.9 Å². The Labute approximate surface area is 553 Å². The molecule has 14 aromatic rings. The number of nitrogens with zero attached hydrogens (tertiary/aromatic N) is 12. The van der Waals surface area contributed by atoms with Gasteiger partial charge in [-0.05, 0) is 177 Å². The zero-order valence-electron chi connectivity index (χ0n) is 50.6. The van der Waals surface area contributed by atoms with E-state index in [1.807, 2.05) is 130 Å². The first-order valence-corrected chi connectivity index (χ1v) is 30.2. The Morgan fingerprint density at radius 3 is 1.01 bits per heavy atom. The minimum Gasteiger partial charge on any atom is -0.309 e. The van der Waals surface area contributed by atoms with Gasteiger partial charge in [-0.15, -0.1) is 0 Å². The lowest BCUT2D eigenvalue weighted by Gasteiger charge is -2.20. The number of nitriles is 9. The Bertz CT molecular complexity index is 6060. The summed E-state index contributed by atoms with van der Waals surface area (Å²) < 4.78 is 3.95. The van der Waals surface area contributed by atoms with Crippen LogP contribution in [-0.2, 0) is 0 Å². The van der Waals surface area contributed by atoms with Crippen LogP contribution in [0.25, 0.3) is 122 Å². The standard InChI is InChI=1S/C83H38N12O2/c84-39-48-13-21-62(57(29-48)43-88)53-17-25-75-69(33-53)70-34-54(63-22-14-49(40-85)30-58(63)44-89)18-26-76(70)93(75)79-38-73(67-10-6-11-68-81(67)83(97)95(82(68)96)74-12-5-4-9-66(74)52-7-2-1-3-8-52)80(37-61(79)47-92)94-77-27-19-55(64-23-15-50(41-86)31-59(64)45-90)35-71(77)72-36-56(20-28-78(72)94)65-24-16-51(42-87)32-60(65)46-91/h1-38H. The van der Waals surface area contributed by atoms with Crippen molar-refractivity contribution in [2.75, 3.05) is 4.90 Å². The van der Waals surface area contributed by atoms with Crippen LogP contribution in [0.5, 0.6) is 0 Å². The van der Waals surface area contributed by atoms with Gasteiger partial charge in [0.25, 0.3) is 11.8 Å². The SMILES string of the molecule is N#Cc1ccc(-c2ccc3c(c2)c2cc(-c4ccc(C#N)cc4C#N)ccc2n3-c2cc(-c3cccc4c3C(=O)N(c3ccccc3-c3ccccc3)C4=O)c(-n3c4ccc(-c5ccc(C#N)cc5C#N)cc4c4cc(-c5ccc(C#N)cc5C#N)ccc43)cc2C#N)c(C#N)c1. The molecule has 0 bridgehead atoms. The fraction of sp³-hybridized carbons (Fsp3) is 0. The van der Waals surface area contributed by atoms with Crippen LogP contribution in [-0.4, -0.2) is 20.9 Å². The van der Waals surface area contributed by atoms with Crippen molar-refractivity contribution in [1.29, 1.82) is 47.4 Å². The fourth-order valence-corrected chi connectivity index (χ4v) is 13.6. The molecule has 0 unspecified atom stereocenters. The second kappa shape index (κ2) is 23.2. The molecular weight excluding hydrogens is 1200 g/mol. The van der Waals surface area contributed by atoms with Gasteiger partial charge in [0.15, 0.2) is 0 Å². The number of hydrogen-bond donors (Lipinski definition) is 0. The van der Waals surface area contributed by atoms with Crippen LogP contribution in [0.2, 0.25) is 0 Å². The first kappa shape index (κ1) is 58.2. The first-order chi connectivity index (χ1) is 47.5. The lowest BCUT2D eigenvalue weighted by Crippen LogP contribution is -2.30. The quantitative estimate of drug-likeness (QED) is 0.123. The van der Waals surface area contributed by atoms with Crippen molar-refractivity contribution in [3.63, 3.8) is 0 Å². The average Bonchev–Trinajstić information content (AvgIpc) is 1.58. The molecule has 0 fully saturated rings. The Morgan fingerprint density at radius 2 is 0.608 bits per heavy atom. The Kier molecular flexibility index (Phi) is 13.9. The lowest BCUT2D eigenvalue weighted by molar-refractivity contribution is 0.0926. The molecule has 442 valence electrons. The largest absolute Gasteiger partial charge is 0.309 e. The van der Waals surface area contributed by atoms with Gasteiger partial charge in [-0.3, -0.25) is 9.59 Å². The molecule has 3 heterocycles. The minimum atomic E-state index is -0.588. The third kappa shape index (κ3) is 9.33. The van der Waals surface area contributed by atoms with Gasteiger partial charge in [-0.25, -0.2) is 4.90 Å². The summed E-state index contributed by atoms with van der Waals surface area (Å²) in [5, 5.41) is 95.9. The average molecular weight is 1240 g/mol. The summed E-state index contributed by atoms with van der Waals surface area (Å²) in [7, 11) is 0. The van der Waals surface area contributed by atoms with Crippen molar-refractivity contribution >= 4 is 61.1 Å². The number of amides is 2. The number of benzene rings is 12. The van der Waals surface area contributed by atoms with Crippen LogP contribution in [0, 0.1) is 102 Å². The van der Waals surface area contributed by atoms with Crippen molar-refractivity contribution in [2.45, 2.75) is 0 Å². The first-order valence-electron chi connectivity index (χ1n) is 30.2. The number of anilines is 1. The number of carbonyl (C=O) groups excluding carboxylic acids is 2. The van der Waals surface area contributed by atoms with Crippen LogP contribution in [0.4, 0.5) is 5.69 Å². The van der Waals surface area contributed by atoms with Crippen LogP contribution < -0.4 is 4.90 Å². The summed E-state index contributed by atoms with van der Waals surface area (Å²) in [6, 6.07) is 88.0. The molecule has 1 aliphatic heterocycles. The van der Waals surface area contributed by atoms with E-state index in [0.717, 1.165) is 5.56 Å². The molecule has 0 aliphatic carbocycles. The van der Waals surface area contributed by atoms with Crippen LogP contribution in [0.1, 0.15) is 70.8 Å². The molecule has 14 nitrogen and oxygen atoms in total. The molecule has 0 N–H and O–H groups in total. The monoisotopic (exact) mass is 1230 g/mol. The summed E-state index contributed by atoms with van der Waals surface area (Å²) in [6.07, 6.45) is 0. The second-order valence-electron chi connectivity index (χ2n) is 23.1. The van der Waals surface area contributed by atoms with Gasteiger partial charge >= 0.3 is 0 Å². The smallest absolute Gasteiger partial charge is 0.266 e. The maximum atomic E-state index is 15.9. The predicted molar refractivity (Wildman–Crippen MR) is 368 cm³/mol. The van der Waals surface area contributed by atoms with Gasteiger partial charge in [-0.1, -0.05) is 109 Å². The molecule has 2 amide bonds. The van der Waals surface area contributed by atoms with E-state index in [2.05, 4.69) is 54.6 Å². The zero-order valence-corrected chi connectivity index (χ0v) is 50.6. The van der Waals surface area contributed by atoms with E-state index in [9.17, 15) is 47.4 Å².